The van der Waals surface area contributed by atoms with Gasteiger partial charge in [0.25, 0.3) is 10.2 Å². The Balaban J connectivity index is 2.04. The largest absolute Gasteiger partial charge is 0.338 e. The van der Waals surface area contributed by atoms with E-state index in [1.54, 1.807) is 0 Å². The smallest absolute Gasteiger partial charge is 0.276 e. The molecule has 1 saturated heterocycles. The molecule has 1 fully saturated rings. The third-order valence-electron chi connectivity index (χ3n) is 3.55. The first-order valence-electron chi connectivity index (χ1n) is 6.81. The maximum Gasteiger partial charge on any atom is 0.276 e. The van der Waals surface area contributed by atoms with E-state index in [0.29, 0.717) is 18.5 Å². The fourth-order valence-corrected chi connectivity index (χ4v) is 3.52. The van der Waals surface area contributed by atoms with Crippen molar-refractivity contribution in [3.63, 3.8) is 0 Å². The van der Waals surface area contributed by atoms with Crippen molar-refractivity contribution in [2.45, 2.75) is 12.8 Å². The maximum atomic E-state index is 13.2. The summed E-state index contributed by atoms with van der Waals surface area (Å²) in [5.74, 6) is -1.95. The van der Waals surface area contributed by atoms with Gasteiger partial charge in [-0.3, -0.25) is 10.2 Å². The normalized spacial score (nSPS) is 19.3. The number of ketones is 1. The highest BCUT2D eigenvalue weighted by molar-refractivity contribution is 9.10. The Bertz CT molecular complexity index is 741. The quantitative estimate of drug-likeness (QED) is 0.518. The summed E-state index contributed by atoms with van der Waals surface area (Å²) in [7, 11) is -3.84. The molecule has 0 amide bonds. The minimum atomic E-state index is -3.84. The number of nitrogens with one attached hydrogen (secondary N) is 2. The summed E-state index contributed by atoms with van der Waals surface area (Å²) in [6, 6.07) is 4.02. The fraction of sp³-hybridized carbons (Fsp3) is 0.385. The van der Waals surface area contributed by atoms with Gasteiger partial charge in [0.05, 0.1) is 4.47 Å². The zero-order valence-electron chi connectivity index (χ0n) is 12.1. The second kappa shape index (κ2) is 7.04. The maximum absolute atomic E-state index is 13.2. The van der Waals surface area contributed by atoms with Gasteiger partial charge in [0.2, 0.25) is 5.78 Å². The van der Waals surface area contributed by atoms with Crippen molar-refractivity contribution in [2.75, 3.05) is 18.4 Å². The number of hydrogen-bond donors (Lipinski definition) is 3. The van der Waals surface area contributed by atoms with Crippen molar-refractivity contribution >= 4 is 43.4 Å². The molecular weight excluding hydrogens is 391 g/mol. The summed E-state index contributed by atoms with van der Waals surface area (Å²) in [6.07, 6.45) is 0.990. The zero-order chi connectivity index (χ0) is 17.2. The fourth-order valence-electron chi connectivity index (χ4n) is 2.37. The van der Waals surface area contributed by atoms with Crippen molar-refractivity contribution in [1.29, 1.82) is 5.41 Å². The molecule has 0 saturated carbocycles. The predicted octanol–water partition coefficient (Wildman–Crippen LogP) is 1.46. The molecule has 4 N–H and O–H groups in total. The monoisotopic (exact) mass is 406 g/mol. The Labute approximate surface area is 141 Å². The van der Waals surface area contributed by atoms with Crippen LogP contribution in [-0.4, -0.2) is 37.4 Å². The minimum absolute atomic E-state index is 0.0329. The molecule has 1 aromatic rings. The van der Waals surface area contributed by atoms with Crippen LogP contribution in [0.1, 0.15) is 12.8 Å². The molecule has 7 nitrogen and oxygen atoms in total. The van der Waals surface area contributed by atoms with Crippen molar-refractivity contribution in [3.8, 4) is 0 Å². The Morgan fingerprint density at radius 2 is 2.17 bits per heavy atom. The number of rotatable bonds is 4. The van der Waals surface area contributed by atoms with Crippen LogP contribution in [0, 0.1) is 17.1 Å². The van der Waals surface area contributed by atoms with Crippen LogP contribution in [0.25, 0.3) is 0 Å². The van der Waals surface area contributed by atoms with E-state index in [1.165, 1.54) is 18.2 Å². The molecule has 1 heterocycles. The molecule has 0 bridgehead atoms. The first-order chi connectivity index (χ1) is 10.7. The Morgan fingerprint density at radius 1 is 1.48 bits per heavy atom. The third-order valence-corrected chi connectivity index (χ3v) is 5.21. The van der Waals surface area contributed by atoms with Gasteiger partial charge in [-0.05, 0) is 47.0 Å². The number of nitrogens with two attached hydrogens (primary N) is 1. The van der Waals surface area contributed by atoms with Crippen LogP contribution in [0.3, 0.4) is 0 Å². The van der Waals surface area contributed by atoms with Crippen LogP contribution >= 0.6 is 15.9 Å². The van der Waals surface area contributed by atoms with Crippen molar-refractivity contribution in [3.05, 3.63) is 28.5 Å². The lowest BCUT2D eigenvalue weighted by molar-refractivity contribution is -0.117. The first-order valence-corrected chi connectivity index (χ1v) is 9.11. The van der Waals surface area contributed by atoms with Gasteiger partial charge in [-0.2, -0.15) is 12.7 Å². The molecule has 0 radical (unpaired) electrons. The second-order valence-electron chi connectivity index (χ2n) is 5.24. The molecule has 126 valence electrons. The van der Waals surface area contributed by atoms with E-state index in [2.05, 4.69) is 21.2 Å². The lowest BCUT2D eigenvalue weighted by atomic mass is 9.94. The van der Waals surface area contributed by atoms with Crippen molar-refractivity contribution in [1.82, 2.24) is 4.31 Å². The van der Waals surface area contributed by atoms with Crippen molar-refractivity contribution < 1.29 is 17.6 Å². The highest BCUT2D eigenvalue weighted by Gasteiger charge is 2.32. The molecule has 10 heteroatoms. The van der Waals surface area contributed by atoms with Crippen LogP contribution in [0.15, 0.2) is 22.7 Å². The summed E-state index contributed by atoms with van der Waals surface area (Å²) in [5, 5.41) is 15.5. The van der Waals surface area contributed by atoms with Crippen LogP contribution in [0.5, 0.6) is 0 Å². The van der Waals surface area contributed by atoms with Crippen LogP contribution in [-0.2, 0) is 15.0 Å². The van der Waals surface area contributed by atoms with E-state index < -0.39 is 27.7 Å². The van der Waals surface area contributed by atoms with Gasteiger partial charge in [0, 0.05) is 24.7 Å². The number of nitrogens with zero attached hydrogens (tertiary/aromatic N) is 1. The molecule has 1 aliphatic heterocycles. The number of anilines is 1. The van der Waals surface area contributed by atoms with E-state index >= 15 is 0 Å². The predicted molar refractivity (Wildman–Crippen MR) is 87.9 cm³/mol. The Morgan fingerprint density at radius 3 is 2.78 bits per heavy atom. The molecule has 1 atom stereocenters. The topological polar surface area (TPSA) is 116 Å². The number of carbonyl (C=O) groups is 1. The molecular formula is C13H16BrFN4O3S. The SMILES string of the molecule is N=C(Nc1ccc(F)c(Br)c1)C(=O)[C@H]1CCCN(S(N)(=O)=O)C1. The van der Waals surface area contributed by atoms with Gasteiger partial charge in [0.15, 0.2) is 5.84 Å². The molecule has 2 rings (SSSR count). The second-order valence-corrected chi connectivity index (χ2v) is 7.64. The number of carbonyl (C=O) groups excluding carboxylic acids is 1. The molecule has 0 aromatic heterocycles. The van der Waals surface area contributed by atoms with Crippen LogP contribution < -0.4 is 10.5 Å². The number of piperidine rings is 1. The van der Waals surface area contributed by atoms with E-state index in [1.807, 2.05) is 0 Å². The van der Waals surface area contributed by atoms with E-state index in [4.69, 9.17) is 10.5 Å². The van der Waals surface area contributed by atoms with Gasteiger partial charge >= 0.3 is 0 Å². The number of amidine groups is 1. The van der Waals surface area contributed by atoms with Gasteiger partial charge in [-0.1, -0.05) is 0 Å². The van der Waals surface area contributed by atoms with Gasteiger partial charge in [0.1, 0.15) is 5.82 Å². The van der Waals surface area contributed by atoms with Gasteiger partial charge in [-0.15, -0.1) is 0 Å². The molecule has 0 spiro atoms. The van der Waals surface area contributed by atoms with Gasteiger partial charge < -0.3 is 5.32 Å². The Kier molecular flexibility index (Phi) is 5.50. The lowest BCUT2D eigenvalue weighted by Gasteiger charge is -2.29. The molecule has 0 aliphatic carbocycles. The summed E-state index contributed by atoms with van der Waals surface area (Å²) in [6.45, 7) is 0.239. The summed E-state index contributed by atoms with van der Waals surface area (Å²) >= 11 is 3.02. The molecule has 23 heavy (non-hydrogen) atoms. The zero-order valence-corrected chi connectivity index (χ0v) is 14.5. The van der Waals surface area contributed by atoms with Crippen LogP contribution in [0.4, 0.5) is 10.1 Å². The number of halogens is 2. The highest BCUT2D eigenvalue weighted by Crippen LogP contribution is 2.22. The first kappa shape index (κ1) is 18.0. The van der Waals surface area contributed by atoms with E-state index in [-0.39, 0.29) is 23.4 Å². The van der Waals surface area contributed by atoms with Gasteiger partial charge in [-0.25, -0.2) is 9.53 Å². The molecule has 1 aliphatic rings. The molecule has 0 unspecified atom stereocenters. The number of benzene rings is 1. The lowest BCUT2D eigenvalue weighted by Crippen LogP contribution is -2.47. The summed E-state index contributed by atoms with van der Waals surface area (Å²) in [5.41, 5.74) is 0.385. The van der Waals surface area contributed by atoms with Crippen molar-refractivity contribution in [2.24, 2.45) is 11.1 Å². The third kappa shape index (κ3) is 4.56. The van der Waals surface area contributed by atoms with E-state index in [0.717, 1.165) is 4.31 Å². The Hall–Kier alpha value is -1.36. The van der Waals surface area contributed by atoms with Crippen LogP contribution in [0.2, 0.25) is 0 Å². The average Bonchev–Trinajstić information content (AvgIpc) is 2.49. The number of Topliss-reactive ketones (excluding diaryl/α,β-unsaturated/α-hetero) is 1. The standard InChI is InChI=1S/C13H16BrFN4O3S/c14-10-6-9(3-4-11(10)15)18-13(16)12(20)8-2-1-5-19(7-8)23(17,21)22/h3-4,6,8H,1-2,5,7H2,(H2,16,18)(H2,17,21,22)/t8-/m0/s1. The molecule has 1 aromatic carbocycles. The minimum Gasteiger partial charge on any atom is -0.338 e. The van der Waals surface area contributed by atoms with E-state index in [9.17, 15) is 17.6 Å². The average molecular weight is 407 g/mol. The summed E-state index contributed by atoms with van der Waals surface area (Å²) in [4.78, 5) is 12.3. The highest BCUT2D eigenvalue weighted by atomic mass is 79.9. The summed E-state index contributed by atoms with van der Waals surface area (Å²) < 4.78 is 37.2. The number of hydrogen-bond acceptors (Lipinski definition) is 4.